The van der Waals surface area contributed by atoms with Crippen molar-refractivity contribution in [3.8, 4) is 11.8 Å². The van der Waals surface area contributed by atoms with Crippen molar-refractivity contribution in [3.05, 3.63) is 59.7 Å². The molecule has 0 saturated carbocycles. The maximum atomic E-state index is 12.2. The lowest BCUT2D eigenvalue weighted by molar-refractivity contribution is -0.116. The number of para-hydroxylation sites is 1. The summed E-state index contributed by atoms with van der Waals surface area (Å²) in [6.45, 7) is 0.140. The molecule has 0 fully saturated rings. The monoisotopic (exact) mass is 387 g/mol. The number of rotatable bonds is 8. The summed E-state index contributed by atoms with van der Waals surface area (Å²) in [6, 6.07) is 15.7. The number of sulfonamides is 1. The van der Waals surface area contributed by atoms with Crippen LogP contribution >= 0.6 is 0 Å². The van der Waals surface area contributed by atoms with Gasteiger partial charge in [-0.05, 0) is 24.3 Å². The molecule has 142 valence electrons. The average Bonchev–Trinajstić information content (AvgIpc) is 2.64. The number of carbonyl (C=O) groups excluding carboxylic acids is 1. The van der Waals surface area contributed by atoms with Gasteiger partial charge < -0.3 is 10.1 Å². The number of methoxy groups -OCH3 is 1. The van der Waals surface area contributed by atoms with E-state index in [0.29, 0.717) is 22.6 Å². The Kier molecular flexibility index (Phi) is 6.93. The summed E-state index contributed by atoms with van der Waals surface area (Å²) >= 11 is 0. The Hall–Kier alpha value is -2.89. The minimum atomic E-state index is -3.51. The molecule has 0 aromatic heterocycles. The molecule has 2 rings (SSSR count). The second-order valence-corrected chi connectivity index (χ2v) is 7.88. The third-order valence-electron chi connectivity index (χ3n) is 3.87. The molecule has 8 heteroatoms. The van der Waals surface area contributed by atoms with E-state index in [0.717, 1.165) is 6.26 Å². The van der Waals surface area contributed by atoms with Crippen LogP contribution in [0.4, 0.5) is 5.69 Å². The smallest absolute Gasteiger partial charge is 0.225 e. The van der Waals surface area contributed by atoms with Gasteiger partial charge in [-0.1, -0.05) is 24.3 Å². The van der Waals surface area contributed by atoms with Crippen molar-refractivity contribution in [3.63, 3.8) is 0 Å². The number of hydrogen-bond donors (Lipinski definition) is 1. The number of carbonyl (C=O) groups is 1. The number of hydrogen-bond acceptors (Lipinski definition) is 5. The second kappa shape index (κ2) is 9.16. The molecule has 0 bridgehead atoms. The van der Waals surface area contributed by atoms with Gasteiger partial charge in [-0.15, -0.1) is 0 Å². The summed E-state index contributed by atoms with van der Waals surface area (Å²) in [4.78, 5) is 12.2. The van der Waals surface area contributed by atoms with Crippen LogP contribution < -0.4 is 10.1 Å². The topological polar surface area (TPSA) is 99.5 Å². The number of anilines is 1. The van der Waals surface area contributed by atoms with Crippen LogP contribution in [0.15, 0.2) is 48.5 Å². The van der Waals surface area contributed by atoms with Gasteiger partial charge in [0.2, 0.25) is 15.9 Å². The molecular formula is C19H21N3O4S. The molecule has 0 heterocycles. The van der Waals surface area contributed by atoms with E-state index in [9.17, 15) is 13.2 Å². The fourth-order valence-electron chi connectivity index (χ4n) is 2.50. The lowest BCUT2D eigenvalue weighted by Gasteiger charge is -2.21. The van der Waals surface area contributed by atoms with Crippen molar-refractivity contribution >= 4 is 21.6 Å². The lowest BCUT2D eigenvalue weighted by atomic mass is 10.2. The van der Waals surface area contributed by atoms with Gasteiger partial charge in [0.25, 0.3) is 0 Å². The Bertz CT molecular complexity index is 951. The number of benzene rings is 2. The highest BCUT2D eigenvalue weighted by atomic mass is 32.2. The maximum Gasteiger partial charge on any atom is 0.225 e. The molecule has 0 aliphatic carbocycles. The fourth-order valence-corrected chi connectivity index (χ4v) is 3.30. The number of nitrogens with zero attached hydrogens (tertiary/aromatic N) is 2. The van der Waals surface area contributed by atoms with Crippen molar-refractivity contribution in [2.24, 2.45) is 0 Å². The molecule has 0 spiro atoms. The van der Waals surface area contributed by atoms with E-state index in [1.54, 1.807) is 48.5 Å². The normalized spacial score (nSPS) is 11.0. The van der Waals surface area contributed by atoms with Crippen LogP contribution in [0.25, 0.3) is 0 Å². The molecule has 0 aliphatic heterocycles. The third kappa shape index (κ3) is 6.09. The Labute approximate surface area is 159 Å². The number of nitrogens with one attached hydrogen (secondary N) is 1. The summed E-state index contributed by atoms with van der Waals surface area (Å²) in [7, 11) is -1.99. The van der Waals surface area contributed by atoms with Crippen LogP contribution in [0.1, 0.15) is 17.5 Å². The number of nitriles is 1. The second-order valence-electron chi connectivity index (χ2n) is 5.90. The van der Waals surface area contributed by atoms with Gasteiger partial charge in [-0.2, -0.15) is 9.57 Å². The van der Waals surface area contributed by atoms with Crippen LogP contribution in [-0.4, -0.2) is 38.5 Å². The summed E-state index contributed by atoms with van der Waals surface area (Å²) in [6.07, 6.45) is 1.09. The van der Waals surface area contributed by atoms with E-state index < -0.39 is 10.0 Å². The standard InChI is InChI=1S/C19H21N3O4S/c1-26-18-9-4-3-7-16(18)14-22(27(2,24)25)11-10-19(23)21-17-8-5-6-15(12-17)13-20/h3-9,12H,10-11,14H2,1-2H3,(H,21,23). The van der Waals surface area contributed by atoms with E-state index in [1.165, 1.54) is 11.4 Å². The lowest BCUT2D eigenvalue weighted by Crippen LogP contribution is -2.32. The first kappa shape index (κ1) is 20.4. The van der Waals surface area contributed by atoms with Crippen molar-refractivity contribution in [1.82, 2.24) is 4.31 Å². The van der Waals surface area contributed by atoms with Gasteiger partial charge in [-0.3, -0.25) is 4.79 Å². The fraction of sp³-hybridized carbons (Fsp3) is 0.263. The molecule has 0 radical (unpaired) electrons. The van der Waals surface area contributed by atoms with Gasteiger partial charge in [0.1, 0.15) is 5.75 Å². The zero-order valence-electron chi connectivity index (χ0n) is 15.2. The number of amides is 1. The highest BCUT2D eigenvalue weighted by Crippen LogP contribution is 2.20. The first-order valence-corrected chi connectivity index (χ1v) is 10.1. The zero-order chi connectivity index (χ0) is 19.9. The van der Waals surface area contributed by atoms with Crippen molar-refractivity contribution in [2.75, 3.05) is 25.2 Å². The van der Waals surface area contributed by atoms with Gasteiger partial charge in [0, 0.05) is 30.8 Å². The summed E-state index contributed by atoms with van der Waals surface area (Å²) in [5, 5.41) is 11.6. The van der Waals surface area contributed by atoms with Crippen LogP contribution in [0, 0.1) is 11.3 Å². The van der Waals surface area contributed by atoms with E-state index >= 15 is 0 Å². The predicted molar refractivity (Wildman–Crippen MR) is 103 cm³/mol. The molecular weight excluding hydrogens is 366 g/mol. The average molecular weight is 387 g/mol. The summed E-state index contributed by atoms with van der Waals surface area (Å²) < 4.78 is 30.7. The van der Waals surface area contributed by atoms with Gasteiger partial charge in [0.05, 0.1) is 25.0 Å². The van der Waals surface area contributed by atoms with Crippen LogP contribution in [0.2, 0.25) is 0 Å². The molecule has 0 atom stereocenters. The van der Waals surface area contributed by atoms with Crippen molar-refractivity contribution in [2.45, 2.75) is 13.0 Å². The SMILES string of the molecule is COc1ccccc1CN(CCC(=O)Nc1cccc(C#N)c1)S(C)(=O)=O. The maximum absolute atomic E-state index is 12.2. The van der Waals surface area contributed by atoms with Crippen LogP contribution in [0.3, 0.4) is 0 Å². The molecule has 0 saturated heterocycles. The molecule has 0 unspecified atom stereocenters. The molecule has 0 aliphatic rings. The Morgan fingerprint density at radius 2 is 1.96 bits per heavy atom. The van der Waals surface area contributed by atoms with E-state index in [-0.39, 0.29) is 25.4 Å². The molecule has 2 aromatic carbocycles. The quantitative estimate of drug-likeness (QED) is 0.749. The summed E-state index contributed by atoms with van der Waals surface area (Å²) in [5.41, 5.74) is 1.64. The van der Waals surface area contributed by atoms with Crippen LogP contribution in [-0.2, 0) is 21.4 Å². The minimum Gasteiger partial charge on any atom is -0.496 e. The Balaban J connectivity index is 2.04. The van der Waals surface area contributed by atoms with E-state index in [2.05, 4.69) is 5.32 Å². The summed E-state index contributed by atoms with van der Waals surface area (Å²) in [5.74, 6) is 0.252. The number of ether oxygens (including phenoxy) is 1. The van der Waals surface area contributed by atoms with Gasteiger partial charge >= 0.3 is 0 Å². The largest absolute Gasteiger partial charge is 0.496 e. The van der Waals surface area contributed by atoms with Crippen LogP contribution in [0.5, 0.6) is 5.75 Å². The van der Waals surface area contributed by atoms with Crippen molar-refractivity contribution in [1.29, 1.82) is 5.26 Å². The van der Waals surface area contributed by atoms with E-state index in [1.807, 2.05) is 6.07 Å². The Morgan fingerprint density at radius 3 is 2.63 bits per heavy atom. The molecule has 2 aromatic rings. The van der Waals surface area contributed by atoms with Crippen molar-refractivity contribution < 1.29 is 17.9 Å². The first-order valence-electron chi connectivity index (χ1n) is 8.20. The molecule has 27 heavy (non-hydrogen) atoms. The van der Waals surface area contributed by atoms with E-state index in [4.69, 9.17) is 10.00 Å². The molecule has 1 N–H and O–H groups in total. The predicted octanol–water partition coefficient (Wildman–Crippen LogP) is 2.36. The third-order valence-corrected chi connectivity index (χ3v) is 5.12. The van der Waals surface area contributed by atoms with Gasteiger partial charge in [0.15, 0.2) is 0 Å². The first-order chi connectivity index (χ1) is 12.8. The Morgan fingerprint density at radius 1 is 1.22 bits per heavy atom. The highest BCUT2D eigenvalue weighted by Gasteiger charge is 2.20. The zero-order valence-corrected chi connectivity index (χ0v) is 16.0. The van der Waals surface area contributed by atoms with Gasteiger partial charge in [-0.25, -0.2) is 8.42 Å². The molecule has 7 nitrogen and oxygen atoms in total. The minimum absolute atomic E-state index is 0.0149. The molecule has 1 amide bonds. The highest BCUT2D eigenvalue weighted by molar-refractivity contribution is 7.88.